The molecule has 3 nitrogen and oxygen atoms in total. The Morgan fingerprint density at radius 3 is 2.64 bits per heavy atom. The second-order valence-electron chi connectivity index (χ2n) is 7.23. The van der Waals surface area contributed by atoms with Crippen LogP contribution in [0.4, 0.5) is 0 Å². The summed E-state index contributed by atoms with van der Waals surface area (Å²) in [5.41, 5.74) is 10.1. The van der Waals surface area contributed by atoms with Gasteiger partial charge in [0.25, 0.3) is 0 Å². The van der Waals surface area contributed by atoms with E-state index in [4.69, 9.17) is 28.9 Å². The SMILES string of the molecule is CC(C)c1c[c]c2c3c(C(N)=O)cccc3n(Cc3cc(Cl)ccc3Cl)c2c1. The van der Waals surface area contributed by atoms with Crippen molar-refractivity contribution in [3.63, 3.8) is 0 Å². The Bertz CT molecular complexity index is 1220. The van der Waals surface area contributed by atoms with E-state index in [1.54, 1.807) is 18.2 Å². The number of hydrogen-bond donors (Lipinski definition) is 1. The van der Waals surface area contributed by atoms with Gasteiger partial charge in [-0.25, -0.2) is 0 Å². The van der Waals surface area contributed by atoms with E-state index in [9.17, 15) is 4.79 Å². The number of hydrogen-bond acceptors (Lipinski definition) is 1. The van der Waals surface area contributed by atoms with Crippen molar-refractivity contribution in [1.29, 1.82) is 0 Å². The van der Waals surface area contributed by atoms with E-state index in [1.807, 2.05) is 24.3 Å². The predicted molar refractivity (Wildman–Crippen MR) is 116 cm³/mol. The molecule has 0 saturated heterocycles. The molecule has 1 aromatic heterocycles. The summed E-state index contributed by atoms with van der Waals surface area (Å²) in [6.45, 7) is 4.81. The van der Waals surface area contributed by atoms with E-state index in [0.29, 0.717) is 28.1 Å². The Hall–Kier alpha value is -2.49. The Kier molecular flexibility index (Phi) is 4.82. The van der Waals surface area contributed by atoms with Crippen LogP contribution in [0, 0.1) is 6.07 Å². The molecule has 0 atom stereocenters. The largest absolute Gasteiger partial charge is 0.366 e. The van der Waals surface area contributed by atoms with Crippen LogP contribution < -0.4 is 5.73 Å². The van der Waals surface area contributed by atoms with Gasteiger partial charge in [0.05, 0.1) is 11.0 Å². The lowest BCUT2D eigenvalue weighted by molar-refractivity contribution is 0.100. The molecule has 0 spiro atoms. The summed E-state index contributed by atoms with van der Waals surface area (Å²) in [5.74, 6) is -0.0933. The topological polar surface area (TPSA) is 48.0 Å². The molecule has 141 valence electrons. The van der Waals surface area contributed by atoms with Crippen molar-refractivity contribution in [1.82, 2.24) is 4.57 Å². The molecule has 0 aliphatic heterocycles. The van der Waals surface area contributed by atoms with Gasteiger partial charge in [-0.2, -0.15) is 0 Å². The number of nitrogens with two attached hydrogens (primary N) is 1. The van der Waals surface area contributed by atoms with Crippen LogP contribution >= 0.6 is 23.2 Å². The van der Waals surface area contributed by atoms with Gasteiger partial charge in [-0.3, -0.25) is 4.79 Å². The smallest absolute Gasteiger partial charge is 0.249 e. The lowest BCUT2D eigenvalue weighted by Crippen LogP contribution is -2.11. The lowest BCUT2D eigenvalue weighted by atomic mass is 10.00. The first-order valence-corrected chi connectivity index (χ1v) is 9.82. The van der Waals surface area contributed by atoms with Gasteiger partial charge < -0.3 is 10.3 Å². The zero-order chi connectivity index (χ0) is 20.0. The van der Waals surface area contributed by atoms with Gasteiger partial charge in [0.1, 0.15) is 0 Å². The molecule has 1 amide bonds. The summed E-state index contributed by atoms with van der Waals surface area (Å²) in [7, 11) is 0. The van der Waals surface area contributed by atoms with E-state index >= 15 is 0 Å². The minimum atomic E-state index is -0.452. The van der Waals surface area contributed by atoms with Crippen LogP contribution in [0.5, 0.6) is 0 Å². The number of aromatic nitrogens is 1. The maximum atomic E-state index is 12.1. The summed E-state index contributed by atoms with van der Waals surface area (Å²) >= 11 is 12.6. The fourth-order valence-electron chi connectivity index (χ4n) is 3.62. The summed E-state index contributed by atoms with van der Waals surface area (Å²) in [4.78, 5) is 12.1. The predicted octanol–water partition coefficient (Wildman–Crippen LogP) is 6.17. The number of amides is 1. The highest BCUT2D eigenvalue weighted by molar-refractivity contribution is 6.33. The van der Waals surface area contributed by atoms with Gasteiger partial charge >= 0.3 is 0 Å². The minimum absolute atomic E-state index is 0.359. The average Bonchev–Trinajstić information content (AvgIpc) is 2.98. The quantitative estimate of drug-likeness (QED) is 0.430. The van der Waals surface area contributed by atoms with Crippen LogP contribution in [0.3, 0.4) is 0 Å². The third kappa shape index (κ3) is 3.15. The number of carbonyl (C=O) groups is 1. The van der Waals surface area contributed by atoms with Crippen molar-refractivity contribution < 1.29 is 4.79 Å². The van der Waals surface area contributed by atoms with Crippen molar-refractivity contribution in [3.05, 3.63) is 81.3 Å². The van der Waals surface area contributed by atoms with E-state index in [0.717, 1.165) is 27.4 Å². The number of nitrogens with zero attached hydrogens (tertiary/aromatic N) is 1. The van der Waals surface area contributed by atoms with Gasteiger partial charge in [0.2, 0.25) is 5.91 Å². The highest BCUT2D eigenvalue weighted by atomic mass is 35.5. The van der Waals surface area contributed by atoms with Crippen LogP contribution in [0.25, 0.3) is 21.8 Å². The molecular weight excluding hydrogens is 391 g/mol. The number of benzene rings is 3. The third-order valence-corrected chi connectivity index (χ3v) is 5.69. The number of primary amides is 1. The lowest BCUT2D eigenvalue weighted by Gasteiger charge is -2.11. The molecule has 4 rings (SSSR count). The maximum Gasteiger partial charge on any atom is 0.249 e. The van der Waals surface area contributed by atoms with Gasteiger partial charge in [-0.1, -0.05) is 49.2 Å². The first-order chi connectivity index (χ1) is 13.4. The second kappa shape index (κ2) is 7.16. The highest BCUT2D eigenvalue weighted by Crippen LogP contribution is 2.34. The van der Waals surface area contributed by atoms with E-state index < -0.39 is 5.91 Å². The van der Waals surface area contributed by atoms with Crippen LogP contribution in [0.1, 0.15) is 41.3 Å². The van der Waals surface area contributed by atoms with E-state index in [-0.39, 0.29) is 0 Å². The summed E-state index contributed by atoms with van der Waals surface area (Å²) in [5, 5.41) is 2.98. The van der Waals surface area contributed by atoms with Crippen molar-refractivity contribution in [2.75, 3.05) is 0 Å². The standard InChI is InChI=1S/C23H19Cl2N2O/c1-13(2)14-6-8-17-21(11-14)27(12-15-10-16(24)7-9-19(15)25)20-5-3-4-18(22(17)20)23(26)28/h3-7,9-11,13H,12H2,1-2H3,(H2,26,28). The summed E-state index contributed by atoms with van der Waals surface area (Å²) in [6, 6.07) is 18.6. The van der Waals surface area contributed by atoms with Crippen molar-refractivity contribution in [3.8, 4) is 0 Å². The number of rotatable bonds is 4. The third-order valence-electron chi connectivity index (χ3n) is 5.09. The van der Waals surface area contributed by atoms with Crippen molar-refractivity contribution in [2.45, 2.75) is 26.3 Å². The molecule has 0 fully saturated rings. The normalized spacial score (nSPS) is 11.6. The fourth-order valence-corrected chi connectivity index (χ4v) is 3.99. The molecule has 0 bridgehead atoms. The molecule has 0 unspecified atom stereocenters. The van der Waals surface area contributed by atoms with Crippen LogP contribution in [-0.2, 0) is 6.54 Å². The molecule has 0 saturated carbocycles. The molecule has 1 radical (unpaired) electrons. The average molecular weight is 410 g/mol. The molecule has 3 aromatic carbocycles. The van der Waals surface area contributed by atoms with E-state index in [2.05, 4.69) is 30.5 Å². The molecule has 0 aliphatic carbocycles. The van der Waals surface area contributed by atoms with Gasteiger partial charge in [0, 0.05) is 32.9 Å². The van der Waals surface area contributed by atoms with Gasteiger partial charge in [-0.15, -0.1) is 0 Å². The first kappa shape index (κ1) is 18.9. The van der Waals surface area contributed by atoms with Gasteiger partial charge in [0.15, 0.2) is 0 Å². The van der Waals surface area contributed by atoms with Crippen LogP contribution in [0.2, 0.25) is 10.0 Å². The second-order valence-corrected chi connectivity index (χ2v) is 8.08. The van der Waals surface area contributed by atoms with Crippen molar-refractivity contribution >= 4 is 50.9 Å². The summed E-state index contributed by atoms with van der Waals surface area (Å²) in [6.07, 6.45) is 0. The molecule has 1 heterocycles. The zero-order valence-corrected chi connectivity index (χ0v) is 17.1. The number of carbonyl (C=O) groups excluding carboxylic acids is 1. The Morgan fingerprint density at radius 2 is 1.93 bits per heavy atom. The molecule has 28 heavy (non-hydrogen) atoms. The minimum Gasteiger partial charge on any atom is -0.366 e. The Labute approximate surface area is 173 Å². The summed E-state index contributed by atoms with van der Waals surface area (Å²) < 4.78 is 2.15. The first-order valence-electron chi connectivity index (χ1n) is 9.07. The van der Waals surface area contributed by atoms with Gasteiger partial charge in [-0.05, 0) is 59.5 Å². The van der Waals surface area contributed by atoms with Crippen LogP contribution in [0.15, 0.2) is 48.5 Å². The Balaban J connectivity index is 2.06. The molecule has 2 N–H and O–H groups in total. The molecule has 4 aromatic rings. The fraction of sp³-hybridized carbons (Fsp3) is 0.174. The Morgan fingerprint density at radius 1 is 1.14 bits per heavy atom. The number of fused-ring (bicyclic) bond motifs is 3. The molecular formula is C23H19Cl2N2O. The highest BCUT2D eigenvalue weighted by Gasteiger charge is 2.18. The number of halogens is 2. The zero-order valence-electron chi connectivity index (χ0n) is 15.6. The van der Waals surface area contributed by atoms with Crippen molar-refractivity contribution in [2.24, 2.45) is 5.73 Å². The molecule has 0 aliphatic rings. The maximum absolute atomic E-state index is 12.1. The van der Waals surface area contributed by atoms with E-state index in [1.165, 1.54) is 5.56 Å². The monoisotopic (exact) mass is 409 g/mol. The molecule has 5 heteroatoms. The van der Waals surface area contributed by atoms with Crippen LogP contribution in [-0.4, -0.2) is 10.5 Å².